The van der Waals surface area contributed by atoms with Crippen molar-refractivity contribution in [2.24, 2.45) is 0 Å². The minimum absolute atomic E-state index is 0.123. The summed E-state index contributed by atoms with van der Waals surface area (Å²) in [6.45, 7) is 2.70. The normalized spacial score (nSPS) is 10.9. The van der Waals surface area contributed by atoms with Crippen molar-refractivity contribution in [3.05, 3.63) is 60.0 Å². The molecule has 0 radical (unpaired) electrons. The third kappa shape index (κ3) is 5.17. The summed E-state index contributed by atoms with van der Waals surface area (Å²) in [6, 6.07) is 15.3. The van der Waals surface area contributed by atoms with Crippen LogP contribution < -0.4 is 10.1 Å². The van der Waals surface area contributed by atoms with E-state index in [0.717, 1.165) is 23.4 Å². The Morgan fingerprint density at radius 2 is 1.86 bits per heavy atom. The lowest BCUT2D eigenvalue weighted by molar-refractivity contribution is -0.117. The highest BCUT2D eigenvalue weighted by Gasteiger charge is 2.13. The molecule has 1 aromatic heterocycles. The van der Waals surface area contributed by atoms with E-state index in [4.69, 9.17) is 9.26 Å². The highest BCUT2D eigenvalue weighted by atomic mass is 16.5. The second kappa shape index (κ2) is 9.14. The zero-order chi connectivity index (χ0) is 19.9. The van der Waals surface area contributed by atoms with Crippen molar-refractivity contribution in [1.82, 2.24) is 15.0 Å². The fraction of sp³-hybridized carbons (Fsp3) is 0.286. The molecule has 7 nitrogen and oxygen atoms in total. The average molecular weight is 380 g/mol. The highest BCUT2D eigenvalue weighted by molar-refractivity contribution is 5.92. The van der Waals surface area contributed by atoms with Gasteiger partial charge in [0.2, 0.25) is 17.6 Å². The fourth-order valence-electron chi connectivity index (χ4n) is 2.73. The monoisotopic (exact) mass is 380 g/mol. The van der Waals surface area contributed by atoms with E-state index < -0.39 is 0 Å². The molecule has 146 valence electrons. The average Bonchev–Trinajstić information content (AvgIpc) is 3.16. The number of rotatable bonds is 8. The third-order valence-electron chi connectivity index (χ3n) is 4.28. The van der Waals surface area contributed by atoms with Gasteiger partial charge < -0.3 is 14.6 Å². The van der Waals surface area contributed by atoms with Crippen LogP contribution in [0.25, 0.3) is 11.4 Å². The molecule has 0 saturated carbocycles. The summed E-state index contributed by atoms with van der Waals surface area (Å²) < 4.78 is 10.4. The number of benzene rings is 2. The first-order chi connectivity index (χ1) is 13.6. The van der Waals surface area contributed by atoms with Crippen LogP contribution in [-0.4, -0.2) is 41.6 Å². The van der Waals surface area contributed by atoms with Crippen LogP contribution in [0.15, 0.2) is 53.1 Å². The molecule has 0 unspecified atom stereocenters. The van der Waals surface area contributed by atoms with Crippen molar-refractivity contribution in [3.8, 4) is 17.1 Å². The number of hydrogen-bond acceptors (Lipinski definition) is 6. The molecule has 28 heavy (non-hydrogen) atoms. The smallest absolute Gasteiger partial charge is 0.241 e. The Balaban J connectivity index is 1.53. The SMILES string of the molecule is CCc1ccc(-c2noc(CN(C)CC(=O)Nc3ccc(OC)cc3)n2)cc1. The Morgan fingerprint density at radius 3 is 2.50 bits per heavy atom. The van der Waals surface area contributed by atoms with Crippen molar-refractivity contribution in [1.29, 1.82) is 0 Å². The minimum atomic E-state index is -0.123. The van der Waals surface area contributed by atoms with Gasteiger partial charge in [-0.1, -0.05) is 36.3 Å². The molecule has 7 heteroatoms. The molecule has 0 saturated heterocycles. The van der Waals surface area contributed by atoms with Gasteiger partial charge in [-0.2, -0.15) is 4.98 Å². The molecule has 1 N–H and O–H groups in total. The fourth-order valence-corrected chi connectivity index (χ4v) is 2.73. The molecule has 3 rings (SSSR count). The molecule has 0 spiro atoms. The van der Waals surface area contributed by atoms with Crippen LogP contribution in [-0.2, 0) is 17.8 Å². The largest absolute Gasteiger partial charge is 0.497 e. The number of ether oxygens (including phenoxy) is 1. The van der Waals surface area contributed by atoms with Crippen molar-refractivity contribution >= 4 is 11.6 Å². The second-order valence-corrected chi connectivity index (χ2v) is 6.51. The second-order valence-electron chi connectivity index (χ2n) is 6.51. The zero-order valence-electron chi connectivity index (χ0n) is 16.3. The van der Waals surface area contributed by atoms with Crippen LogP contribution in [0.2, 0.25) is 0 Å². The predicted molar refractivity (Wildman–Crippen MR) is 107 cm³/mol. The maximum atomic E-state index is 12.2. The molecule has 0 atom stereocenters. The van der Waals surface area contributed by atoms with Gasteiger partial charge in [0, 0.05) is 11.3 Å². The minimum Gasteiger partial charge on any atom is -0.497 e. The van der Waals surface area contributed by atoms with Crippen LogP contribution in [0.4, 0.5) is 5.69 Å². The summed E-state index contributed by atoms with van der Waals surface area (Å²) in [5, 5.41) is 6.88. The van der Waals surface area contributed by atoms with E-state index in [1.807, 2.05) is 24.1 Å². The molecular formula is C21H24N4O3. The summed E-state index contributed by atoms with van der Waals surface area (Å²) in [6.07, 6.45) is 0.987. The quantitative estimate of drug-likeness (QED) is 0.645. The van der Waals surface area contributed by atoms with E-state index in [1.54, 1.807) is 31.4 Å². The molecule has 1 heterocycles. The summed E-state index contributed by atoms with van der Waals surface area (Å²) in [5.41, 5.74) is 2.89. The summed E-state index contributed by atoms with van der Waals surface area (Å²) in [7, 11) is 3.43. The lowest BCUT2D eigenvalue weighted by Gasteiger charge is -2.14. The third-order valence-corrected chi connectivity index (χ3v) is 4.28. The Hall–Kier alpha value is -3.19. The van der Waals surface area contributed by atoms with Crippen LogP contribution in [0.1, 0.15) is 18.4 Å². The van der Waals surface area contributed by atoms with Crippen molar-refractivity contribution in [2.45, 2.75) is 19.9 Å². The maximum absolute atomic E-state index is 12.2. The number of carbonyl (C=O) groups excluding carboxylic acids is 1. The van der Waals surface area contributed by atoms with Crippen molar-refractivity contribution < 1.29 is 14.1 Å². The Labute approximate surface area is 164 Å². The van der Waals surface area contributed by atoms with E-state index in [-0.39, 0.29) is 12.5 Å². The predicted octanol–water partition coefficient (Wildman–Crippen LogP) is 3.38. The standard InChI is InChI=1S/C21H24N4O3/c1-4-15-5-7-16(8-6-15)21-23-20(28-24-21)14-25(2)13-19(26)22-17-9-11-18(27-3)12-10-17/h5-12H,4,13-14H2,1-3H3,(H,22,26). The van der Waals surface area contributed by atoms with E-state index in [2.05, 4.69) is 34.5 Å². The number of carbonyl (C=O) groups is 1. The lowest BCUT2D eigenvalue weighted by atomic mass is 10.1. The van der Waals surface area contributed by atoms with E-state index >= 15 is 0 Å². The first-order valence-corrected chi connectivity index (χ1v) is 9.11. The van der Waals surface area contributed by atoms with Gasteiger partial charge in [-0.15, -0.1) is 0 Å². The summed E-state index contributed by atoms with van der Waals surface area (Å²) in [5.74, 6) is 1.64. The molecule has 3 aromatic rings. The maximum Gasteiger partial charge on any atom is 0.241 e. The molecule has 0 aliphatic carbocycles. The van der Waals surface area contributed by atoms with Crippen LogP contribution in [0.3, 0.4) is 0 Å². The van der Waals surface area contributed by atoms with Crippen LogP contribution in [0.5, 0.6) is 5.75 Å². The molecule has 0 aliphatic heterocycles. The van der Waals surface area contributed by atoms with Gasteiger partial charge in [-0.25, -0.2) is 0 Å². The number of hydrogen-bond donors (Lipinski definition) is 1. The van der Waals surface area contributed by atoms with Crippen molar-refractivity contribution in [3.63, 3.8) is 0 Å². The van der Waals surface area contributed by atoms with E-state index in [9.17, 15) is 4.79 Å². The Kier molecular flexibility index (Phi) is 6.39. The summed E-state index contributed by atoms with van der Waals surface area (Å²) in [4.78, 5) is 18.4. The molecular weight excluding hydrogens is 356 g/mol. The molecule has 1 amide bonds. The highest BCUT2D eigenvalue weighted by Crippen LogP contribution is 2.18. The van der Waals surface area contributed by atoms with Gasteiger partial charge in [0.1, 0.15) is 5.75 Å². The van der Waals surface area contributed by atoms with Gasteiger partial charge in [0.05, 0.1) is 20.2 Å². The zero-order valence-corrected chi connectivity index (χ0v) is 16.3. The van der Waals surface area contributed by atoms with Gasteiger partial charge >= 0.3 is 0 Å². The first-order valence-electron chi connectivity index (χ1n) is 9.11. The van der Waals surface area contributed by atoms with Crippen LogP contribution >= 0.6 is 0 Å². The topological polar surface area (TPSA) is 80.5 Å². The number of anilines is 1. The molecule has 2 aromatic carbocycles. The Bertz CT molecular complexity index is 904. The van der Waals surface area contributed by atoms with Gasteiger partial charge in [-0.3, -0.25) is 9.69 Å². The van der Waals surface area contributed by atoms with E-state index in [1.165, 1.54) is 5.56 Å². The number of nitrogens with zero attached hydrogens (tertiary/aromatic N) is 3. The number of methoxy groups -OCH3 is 1. The molecule has 0 aliphatic rings. The summed E-state index contributed by atoms with van der Waals surface area (Å²) >= 11 is 0. The van der Waals surface area contributed by atoms with Crippen LogP contribution in [0, 0.1) is 0 Å². The number of aromatic nitrogens is 2. The van der Waals surface area contributed by atoms with Gasteiger partial charge in [-0.05, 0) is 43.3 Å². The number of nitrogens with one attached hydrogen (secondary N) is 1. The van der Waals surface area contributed by atoms with Gasteiger partial charge in [0.15, 0.2) is 0 Å². The lowest BCUT2D eigenvalue weighted by Crippen LogP contribution is -2.29. The number of likely N-dealkylation sites (N-methyl/N-ethyl adjacent to an activating group) is 1. The van der Waals surface area contributed by atoms with E-state index in [0.29, 0.717) is 18.3 Å². The first kappa shape index (κ1) is 19.6. The molecule has 0 bridgehead atoms. The Morgan fingerprint density at radius 1 is 1.14 bits per heavy atom. The molecule has 0 fully saturated rings. The van der Waals surface area contributed by atoms with Crippen molar-refractivity contribution in [2.75, 3.05) is 26.0 Å². The van der Waals surface area contributed by atoms with Gasteiger partial charge in [0.25, 0.3) is 0 Å². The number of amides is 1. The number of aryl methyl sites for hydroxylation is 1.